The number of aromatic nitrogens is 4. The quantitative estimate of drug-likeness (QED) is 0.580. The van der Waals surface area contributed by atoms with E-state index in [1.165, 1.54) is 5.69 Å². The number of benzene rings is 1. The summed E-state index contributed by atoms with van der Waals surface area (Å²) in [5.41, 5.74) is 6.70. The second-order valence-electron chi connectivity index (χ2n) is 8.43. The van der Waals surface area contributed by atoms with Gasteiger partial charge in [-0.15, -0.1) is 10.2 Å². The van der Waals surface area contributed by atoms with Crippen LogP contribution in [0.4, 0.5) is 11.4 Å². The summed E-state index contributed by atoms with van der Waals surface area (Å²) in [4.78, 5) is 11.7. The Kier molecular flexibility index (Phi) is 5.67. The molecular formula is C24H29N7. The lowest BCUT2D eigenvalue weighted by atomic mass is 10.1. The molecule has 2 aromatic heterocycles. The predicted octanol–water partition coefficient (Wildman–Crippen LogP) is 4.80. The van der Waals surface area contributed by atoms with Gasteiger partial charge in [0.05, 0.1) is 11.4 Å². The molecule has 0 amide bonds. The Morgan fingerprint density at radius 3 is 2.48 bits per heavy atom. The molecule has 31 heavy (non-hydrogen) atoms. The lowest BCUT2D eigenvalue weighted by Crippen LogP contribution is -2.27. The van der Waals surface area contributed by atoms with E-state index in [0.29, 0.717) is 17.6 Å². The summed E-state index contributed by atoms with van der Waals surface area (Å²) in [5.74, 6) is 1.89. The Morgan fingerprint density at radius 2 is 1.81 bits per heavy atom. The minimum atomic E-state index is 0.612. The van der Waals surface area contributed by atoms with Gasteiger partial charge >= 0.3 is 0 Å². The van der Waals surface area contributed by atoms with Crippen LogP contribution >= 0.6 is 0 Å². The van der Waals surface area contributed by atoms with Crippen LogP contribution in [0.1, 0.15) is 44.6 Å². The fraction of sp³-hybridized carbons (Fsp3) is 0.375. The summed E-state index contributed by atoms with van der Waals surface area (Å²) >= 11 is 0. The van der Waals surface area contributed by atoms with Crippen LogP contribution in [0.2, 0.25) is 0 Å². The van der Waals surface area contributed by atoms with Crippen molar-refractivity contribution in [3.8, 4) is 11.5 Å². The molecule has 0 atom stereocenters. The highest BCUT2D eigenvalue weighted by Crippen LogP contribution is 2.28. The van der Waals surface area contributed by atoms with Crippen molar-refractivity contribution < 1.29 is 0 Å². The fourth-order valence-corrected chi connectivity index (χ4v) is 3.77. The molecule has 0 fully saturated rings. The van der Waals surface area contributed by atoms with Crippen LogP contribution in [0, 0.1) is 19.8 Å². The van der Waals surface area contributed by atoms with E-state index in [-0.39, 0.29) is 0 Å². The SMILES string of the molecule is CCN(CC(C)C)c1ccc(/N=C2/C(C)=Nn3c2nnc3-c2cc(C)ccn2)c(C)c1. The number of aliphatic imine (C=N–C) groups is 1. The van der Waals surface area contributed by atoms with Gasteiger partial charge in [0.25, 0.3) is 0 Å². The van der Waals surface area contributed by atoms with Gasteiger partial charge in [-0.05, 0) is 75.1 Å². The smallest absolute Gasteiger partial charge is 0.205 e. The van der Waals surface area contributed by atoms with E-state index >= 15 is 0 Å². The topological polar surface area (TPSA) is 71.6 Å². The molecule has 1 aliphatic rings. The zero-order valence-corrected chi connectivity index (χ0v) is 19.1. The van der Waals surface area contributed by atoms with Crippen LogP contribution in [0.15, 0.2) is 46.6 Å². The molecule has 0 bridgehead atoms. The minimum absolute atomic E-state index is 0.612. The average Bonchev–Trinajstić information content (AvgIpc) is 3.26. The van der Waals surface area contributed by atoms with Crippen molar-refractivity contribution in [2.24, 2.45) is 16.0 Å². The van der Waals surface area contributed by atoms with Crippen molar-refractivity contribution in [3.63, 3.8) is 0 Å². The van der Waals surface area contributed by atoms with E-state index in [4.69, 9.17) is 4.99 Å². The Morgan fingerprint density at radius 1 is 1.03 bits per heavy atom. The largest absolute Gasteiger partial charge is 0.372 e. The lowest BCUT2D eigenvalue weighted by molar-refractivity contribution is 0.619. The second-order valence-corrected chi connectivity index (χ2v) is 8.43. The van der Waals surface area contributed by atoms with E-state index in [2.05, 4.69) is 71.1 Å². The van der Waals surface area contributed by atoms with Crippen LogP contribution < -0.4 is 4.90 Å². The number of fused-ring (bicyclic) bond motifs is 1. The number of aryl methyl sites for hydroxylation is 2. The minimum Gasteiger partial charge on any atom is -0.372 e. The van der Waals surface area contributed by atoms with Gasteiger partial charge in [0.1, 0.15) is 11.4 Å². The molecule has 7 heteroatoms. The van der Waals surface area contributed by atoms with E-state index < -0.39 is 0 Å². The summed E-state index contributed by atoms with van der Waals surface area (Å²) < 4.78 is 1.74. The van der Waals surface area contributed by atoms with Crippen molar-refractivity contribution in [3.05, 3.63) is 53.5 Å². The third kappa shape index (κ3) is 4.13. The summed E-state index contributed by atoms with van der Waals surface area (Å²) in [5, 5.41) is 13.3. The predicted molar refractivity (Wildman–Crippen MR) is 127 cm³/mol. The standard InChI is InChI=1S/C24H29N7/c1-7-30(14-15(2)3)19-8-9-20(17(5)13-19)26-22-18(6)29-31-23(27-28-24(22)31)21-12-16(4)10-11-25-21/h8-13,15H,7,14H2,1-6H3/b26-22-. The average molecular weight is 416 g/mol. The van der Waals surface area contributed by atoms with Crippen molar-refractivity contribution in [1.82, 2.24) is 19.9 Å². The molecular weight excluding hydrogens is 386 g/mol. The number of rotatable bonds is 6. The van der Waals surface area contributed by atoms with Crippen molar-refractivity contribution in [2.75, 3.05) is 18.0 Å². The first-order valence-corrected chi connectivity index (χ1v) is 10.8. The fourth-order valence-electron chi connectivity index (χ4n) is 3.77. The highest BCUT2D eigenvalue weighted by atomic mass is 15.5. The van der Waals surface area contributed by atoms with Gasteiger partial charge in [0, 0.05) is 25.0 Å². The van der Waals surface area contributed by atoms with Gasteiger partial charge in [-0.1, -0.05) is 13.8 Å². The van der Waals surface area contributed by atoms with Crippen LogP contribution in [0.3, 0.4) is 0 Å². The molecule has 0 unspecified atom stereocenters. The van der Waals surface area contributed by atoms with Gasteiger partial charge in [-0.3, -0.25) is 4.98 Å². The highest BCUT2D eigenvalue weighted by molar-refractivity contribution is 6.48. The monoisotopic (exact) mass is 415 g/mol. The van der Waals surface area contributed by atoms with Crippen LogP contribution in [-0.2, 0) is 0 Å². The van der Waals surface area contributed by atoms with Crippen molar-refractivity contribution >= 4 is 22.8 Å². The van der Waals surface area contributed by atoms with E-state index in [0.717, 1.165) is 47.0 Å². The highest BCUT2D eigenvalue weighted by Gasteiger charge is 2.27. The maximum atomic E-state index is 4.92. The normalized spacial score (nSPS) is 14.3. The van der Waals surface area contributed by atoms with Crippen molar-refractivity contribution in [2.45, 2.75) is 41.5 Å². The maximum absolute atomic E-state index is 4.92. The number of anilines is 1. The molecule has 0 aliphatic carbocycles. The first kappa shape index (κ1) is 20.9. The molecule has 3 aromatic rings. The third-order valence-corrected chi connectivity index (χ3v) is 5.33. The lowest BCUT2D eigenvalue weighted by Gasteiger charge is -2.25. The van der Waals surface area contributed by atoms with Gasteiger partial charge in [0.2, 0.25) is 11.6 Å². The number of pyridine rings is 1. The van der Waals surface area contributed by atoms with E-state index in [1.54, 1.807) is 10.9 Å². The van der Waals surface area contributed by atoms with E-state index in [1.807, 2.05) is 26.0 Å². The molecule has 1 aromatic carbocycles. The summed E-state index contributed by atoms with van der Waals surface area (Å²) in [7, 11) is 0. The Hall–Kier alpha value is -3.35. The first-order valence-electron chi connectivity index (χ1n) is 10.8. The molecule has 0 spiro atoms. The zero-order valence-electron chi connectivity index (χ0n) is 19.1. The second kappa shape index (κ2) is 8.41. The molecule has 0 radical (unpaired) electrons. The van der Waals surface area contributed by atoms with Crippen molar-refractivity contribution in [1.29, 1.82) is 0 Å². The zero-order chi connectivity index (χ0) is 22.1. The van der Waals surface area contributed by atoms with Gasteiger partial charge < -0.3 is 4.90 Å². The summed E-state index contributed by atoms with van der Waals surface area (Å²) in [6.07, 6.45) is 1.77. The molecule has 7 nitrogen and oxygen atoms in total. The summed E-state index contributed by atoms with van der Waals surface area (Å²) in [6, 6.07) is 10.4. The Labute approximate surface area is 183 Å². The number of nitrogens with zero attached hydrogens (tertiary/aromatic N) is 7. The van der Waals surface area contributed by atoms with Gasteiger partial charge in [-0.25, -0.2) is 4.99 Å². The van der Waals surface area contributed by atoms with E-state index in [9.17, 15) is 0 Å². The van der Waals surface area contributed by atoms with Crippen LogP contribution in [0.25, 0.3) is 11.5 Å². The third-order valence-electron chi connectivity index (χ3n) is 5.33. The summed E-state index contributed by atoms with van der Waals surface area (Å²) in [6.45, 7) is 14.8. The first-order chi connectivity index (χ1) is 14.9. The molecule has 0 saturated carbocycles. The molecule has 160 valence electrons. The van der Waals surface area contributed by atoms with Crippen LogP contribution in [-0.4, -0.2) is 44.4 Å². The maximum Gasteiger partial charge on any atom is 0.205 e. The Balaban J connectivity index is 1.68. The van der Waals surface area contributed by atoms with Gasteiger partial charge in [0.15, 0.2) is 0 Å². The van der Waals surface area contributed by atoms with Gasteiger partial charge in [-0.2, -0.15) is 9.78 Å². The Bertz CT molecular complexity index is 1170. The molecule has 4 rings (SSSR count). The number of hydrogen-bond donors (Lipinski definition) is 0. The van der Waals surface area contributed by atoms with Crippen LogP contribution in [0.5, 0.6) is 0 Å². The molecule has 0 N–H and O–H groups in total. The molecule has 3 heterocycles. The molecule has 1 aliphatic heterocycles. The number of hydrogen-bond acceptors (Lipinski definition) is 6. The molecule has 0 saturated heterocycles.